The quantitative estimate of drug-likeness (QED) is 0.860. The van der Waals surface area contributed by atoms with Crippen LogP contribution >= 0.6 is 0 Å². The van der Waals surface area contributed by atoms with Gasteiger partial charge in [-0.25, -0.2) is 4.90 Å². The normalized spacial score (nSPS) is 18.6. The Bertz CT molecular complexity index is 651. The second kappa shape index (κ2) is 4.80. The number of rotatable bonds is 3. The van der Waals surface area contributed by atoms with Gasteiger partial charge in [0.05, 0.1) is 12.1 Å². The Balaban J connectivity index is 1.80. The number of para-hydroxylation sites is 1. The zero-order valence-corrected chi connectivity index (χ0v) is 10.9. The SMILES string of the molecule is Cc1cc(NC2CC(=O)N(c3ccccc3)C2=O)no1. The number of hydrogen-bond acceptors (Lipinski definition) is 5. The average molecular weight is 271 g/mol. The van der Waals surface area contributed by atoms with Gasteiger partial charge in [-0.05, 0) is 19.1 Å². The lowest BCUT2D eigenvalue weighted by Gasteiger charge is -2.14. The van der Waals surface area contributed by atoms with E-state index in [4.69, 9.17) is 4.52 Å². The third-order valence-electron chi connectivity index (χ3n) is 3.11. The fourth-order valence-corrected chi connectivity index (χ4v) is 2.21. The van der Waals surface area contributed by atoms with Crippen LogP contribution in [0.4, 0.5) is 11.5 Å². The molecule has 1 fully saturated rings. The Labute approximate surface area is 115 Å². The number of nitrogens with zero attached hydrogens (tertiary/aromatic N) is 2. The van der Waals surface area contributed by atoms with Crippen LogP contribution in [0.1, 0.15) is 12.2 Å². The first kappa shape index (κ1) is 12.4. The maximum absolute atomic E-state index is 12.3. The van der Waals surface area contributed by atoms with Gasteiger partial charge in [-0.15, -0.1) is 0 Å². The van der Waals surface area contributed by atoms with Crippen molar-refractivity contribution in [3.05, 3.63) is 42.2 Å². The van der Waals surface area contributed by atoms with E-state index in [1.54, 1.807) is 37.3 Å². The molecule has 0 radical (unpaired) electrons. The van der Waals surface area contributed by atoms with Crippen molar-refractivity contribution in [2.24, 2.45) is 0 Å². The highest BCUT2D eigenvalue weighted by Gasteiger charge is 2.39. The molecule has 1 aliphatic rings. The molecule has 0 spiro atoms. The lowest BCUT2D eigenvalue weighted by molar-refractivity contribution is -0.121. The third-order valence-corrected chi connectivity index (χ3v) is 3.11. The molecule has 1 N–H and O–H groups in total. The molecule has 1 unspecified atom stereocenters. The van der Waals surface area contributed by atoms with Crippen molar-refractivity contribution in [1.29, 1.82) is 0 Å². The smallest absolute Gasteiger partial charge is 0.256 e. The van der Waals surface area contributed by atoms with Gasteiger partial charge in [0, 0.05) is 6.07 Å². The predicted octanol–water partition coefficient (Wildman–Crippen LogP) is 1.73. The van der Waals surface area contributed by atoms with Gasteiger partial charge in [-0.3, -0.25) is 9.59 Å². The van der Waals surface area contributed by atoms with Crippen LogP contribution in [0.25, 0.3) is 0 Å². The minimum atomic E-state index is -0.604. The number of imide groups is 1. The molecule has 1 aromatic heterocycles. The van der Waals surface area contributed by atoms with Crippen LogP contribution in [0.2, 0.25) is 0 Å². The van der Waals surface area contributed by atoms with Gasteiger partial charge in [0.15, 0.2) is 5.82 Å². The van der Waals surface area contributed by atoms with Crippen molar-refractivity contribution in [3.63, 3.8) is 0 Å². The summed E-state index contributed by atoms with van der Waals surface area (Å²) in [6.07, 6.45) is 0.111. The summed E-state index contributed by atoms with van der Waals surface area (Å²) in [7, 11) is 0. The van der Waals surface area contributed by atoms with Gasteiger partial charge >= 0.3 is 0 Å². The summed E-state index contributed by atoms with van der Waals surface area (Å²) in [6.45, 7) is 1.76. The minimum Gasteiger partial charge on any atom is -0.360 e. The number of carbonyl (C=O) groups is 2. The van der Waals surface area contributed by atoms with Gasteiger partial charge in [-0.2, -0.15) is 0 Å². The van der Waals surface area contributed by atoms with Crippen LogP contribution in [-0.2, 0) is 9.59 Å². The molecule has 6 nitrogen and oxygen atoms in total. The molecule has 2 amide bonds. The highest BCUT2D eigenvalue weighted by Crippen LogP contribution is 2.24. The molecular formula is C14H13N3O3. The van der Waals surface area contributed by atoms with Crippen molar-refractivity contribution in [1.82, 2.24) is 5.16 Å². The molecule has 0 aliphatic carbocycles. The number of benzene rings is 1. The molecule has 1 aromatic carbocycles. The van der Waals surface area contributed by atoms with Crippen LogP contribution in [-0.4, -0.2) is 23.0 Å². The minimum absolute atomic E-state index is 0.111. The lowest BCUT2D eigenvalue weighted by atomic mass is 10.2. The highest BCUT2D eigenvalue weighted by molar-refractivity contribution is 6.23. The van der Waals surface area contributed by atoms with Crippen LogP contribution in [0.5, 0.6) is 0 Å². The molecule has 102 valence electrons. The molecule has 2 heterocycles. The van der Waals surface area contributed by atoms with E-state index in [0.29, 0.717) is 17.3 Å². The number of aryl methyl sites for hydroxylation is 1. The van der Waals surface area contributed by atoms with Crippen molar-refractivity contribution < 1.29 is 14.1 Å². The molecule has 1 saturated heterocycles. The summed E-state index contributed by atoms with van der Waals surface area (Å²) in [4.78, 5) is 25.5. The zero-order valence-electron chi connectivity index (χ0n) is 10.9. The van der Waals surface area contributed by atoms with Gasteiger partial charge in [0.25, 0.3) is 5.91 Å². The Morgan fingerprint density at radius 1 is 1.30 bits per heavy atom. The molecule has 20 heavy (non-hydrogen) atoms. The predicted molar refractivity (Wildman–Crippen MR) is 72.2 cm³/mol. The number of hydrogen-bond donors (Lipinski definition) is 1. The molecule has 3 rings (SSSR count). The van der Waals surface area contributed by atoms with E-state index in [-0.39, 0.29) is 18.2 Å². The highest BCUT2D eigenvalue weighted by atomic mass is 16.5. The topological polar surface area (TPSA) is 75.4 Å². The largest absolute Gasteiger partial charge is 0.360 e. The fourth-order valence-electron chi connectivity index (χ4n) is 2.21. The second-order valence-electron chi connectivity index (χ2n) is 4.63. The molecule has 2 aromatic rings. The first-order valence-corrected chi connectivity index (χ1v) is 6.27. The lowest BCUT2D eigenvalue weighted by Crippen LogP contribution is -2.34. The van der Waals surface area contributed by atoms with Crippen molar-refractivity contribution in [2.75, 3.05) is 10.2 Å². The monoisotopic (exact) mass is 271 g/mol. The van der Waals surface area contributed by atoms with Crippen LogP contribution < -0.4 is 10.2 Å². The summed E-state index contributed by atoms with van der Waals surface area (Å²) in [6, 6.07) is 9.96. The number of aromatic nitrogens is 1. The Hall–Kier alpha value is -2.63. The van der Waals surface area contributed by atoms with Crippen molar-refractivity contribution >= 4 is 23.3 Å². The maximum atomic E-state index is 12.3. The summed E-state index contributed by atoms with van der Waals surface area (Å²) in [5, 5.41) is 6.69. The van der Waals surface area contributed by atoms with Crippen molar-refractivity contribution in [3.8, 4) is 0 Å². The molecule has 6 heteroatoms. The molecule has 1 atom stereocenters. The van der Waals surface area contributed by atoms with Crippen LogP contribution in [0.3, 0.4) is 0 Å². The third kappa shape index (κ3) is 2.16. The summed E-state index contributed by atoms with van der Waals surface area (Å²) >= 11 is 0. The molecule has 0 saturated carbocycles. The van der Waals surface area contributed by atoms with E-state index in [1.807, 2.05) is 6.07 Å². The van der Waals surface area contributed by atoms with Crippen LogP contribution in [0.15, 0.2) is 40.9 Å². The van der Waals surface area contributed by atoms with E-state index in [0.717, 1.165) is 0 Å². The molecule has 1 aliphatic heterocycles. The maximum Gasteiger partial charge on any atom is 0.256 e. The Morgan fingerprint density at radius 3 is 2.70 bits per heavy atom. The Kier molecular flexibility index (Phi) is 2.98. The van der Waals surface area contributed by atoms with Crippen LogP contribution in [0, 0.1) is 6.92 Å². The molecular weight excluding hydrogens is 258 g/mol. The van der Waals surface area contributed by atoms with E-state index < -0.39 is 6.04 Å². The fraction of sp³-hybridized carbons (Fsp3) is 0.214. The average Bonchev–Trinajstić information content (AvgIpc) is 2.96. The first-order chi connectivity index (χ1) is 9.65. The summed E-state index contributed by atoms with van der Waals surface area (Å²) < 4.78 is 4.93. The molecule has 0 bridgehead atoms. The van der Waals surface area contributed by atoms with Gasteiger partial charge in [-0.1, -0.05) is 23.4 Å². The Morgan fingerprint density at radius 2 is 2.05 bits per heavy atom. The van der Waals surface area contributed by atoms with E-state index in [9.17, 15) is 9.59 Å². The number of nitrogens with one attached hydrogen (secondary N) is 1. The van der Waals surface area contributed by atoms with E-state index in [2.05, 4.69) is 10.5 Å². The van der Waals surface area contributed by atoms with E-state index in [1.165, 1.54) is 4.90 Å². The number of carbonyl (C=O) groups excluding carboxylic acids is 2. The summed E-state index contributed by atoms with van der Waals surface area (Å²) in [5.41, 5.74) is 0.586. The van der Waals surface area contributed by atoms with Gasteiger partial charge in [0.2, 0.25) is 5.91 Å². The first-order valence-electron chi connectivity index (χ1n) is 6.27. The van der Waals surface area contributed by atoms with Gasteiger partial charge < -0.3 is 9.84 Å². The standard InChI is InChI=1S/C14H13N3O3/c1-9-7-12(16-20-9)15-11-8-13(18)17(14(11)19)10-5-3-2-4-6-10/h2-7,11H,8H2,1H3,(H,15,16). The second-order valence-corrected chi connectivity index (χ2v) is 4.63. The van der Waals surface area contributed by atoms with Crippen molar-refractivity contribution in [2.45, 2.75) is 19.4 Å². The van der Waals surface area contributed by atoms with Gasteiger partial charge in [0.1, 0.15) is 11.8 Å². The number of amides is 2. The number of anilines is 2. The van der Waals surface area contributed by atoms with E-state index >= 15 is 0 Å². The zero-order chi connectivity index (χ0) is 14.1. The summed E-state index contributed by atoms with van der Waals surface area (Å²) in [5.74, 6) is 0.605.